The van der Waals surface area contributed by atoms with Gasteiger partial charge >= 0.3 is 0 Å². The van der Waals surface area contributed by atoms with Crippen LogP contribution in [0.1, 0.15) is 46.1 Å². The molecule has 6 heteroatoms. The normalized spacial score (nSPS) is 12.9. The Morgan fingerprint density at radius 2 is 2.05 bits per heavy atom. The molecule has 1 aromatic rings. The van der Waals surface area contributed by atoms with Crippen LogP contribution >= 0.6 is 24.0 Å². The van der Waals surface area contributed by atoms with E-state index in [-0.39, 0.29) is 24.0 Å². The molecule has 0 aliphatic rings. The van der Waals surface area contributed by atoms with Crippen molar-refractivity contribution in [3.8, 4) is 0 Å². The predicted octanol–water partition coefficient (Wildman–Crippen LogP) is 3.19. The highest BCUT2D eigenvalue weighted by atomic mass is 127. The minimum atomic E-state index is 0. The third kappa shape index (κ3) is 9.27. The summed E-state index contributed by atoms with van der Waals surface area (Å²) in [5.41, 5.74) is 1.19. The van der Waals surface area contributed by atoms with E-state index in [1.807, 2.05) is 17.1 Å². The molecule has 0 fully saturated rings. The van der Waals surface area contributed by atoms with Gasteiger partial charge in [0.15, 0.2) is 5.96 Å². The second-order valence-corrected chi connectivity index (χ2v) is 6.06. The van der Waals surface area contributed by atoms with E-state index in [4.69, 9.17) is 0 Å². The highest BCUT2D eigenvalue weighted by Gasteiger charge is 2.06. The first-order valence-corrected chi connectivity index (χ1v) is 8.05. The van der Waals surface area contributed by atoms with Crippen molar-refractivity contribution in [2.45, 2.75) is 60.0 Å². The van der Waals surface area contributed by atoms with Crippen molar-refractivity contribution >= 4 is 29.9 Å². The molecule has 0 aliphatic heterocycles. The molecule has 22 heavy (non-hydrogen) atoms. The second-order valence-electron chi connectivity index (χ2n) is 6.06. The predicted molar refractivity (Wildman–Crippen MR) is 105 cm³/mol. The molecule has 1 rings (SSSR count). The van der Waals surface area contributed by atoms with Crippen LogP contribution in [0.3, 0.4) is 0 Å². The van der Waals surface area contributed by atoms with Gasteiger partial charge in [0.05, 0.1) is 19.3 Å². The van der Waals surface area contributed by atoms with E-state index in [1.165, 1.54) is 18.4 Å². The van der Waals surface area contributed by atoms with Crippen LogP contribution in [0, 0.1) is 12.8 Å². The van der Waals surface area contributed by atoms with Crippen molar-refractivity contribution in [2.75, 3.05) is 13.1 Å². The zero-order valence-corrected chi connectivity index (χ0v) is 16.9. The molecule has 0 radical (unpaired) electrons. The molecule has 5 nitrogen and oxygen atoms in total. The lowest BCUT2D eigenvalue weighted by Crippen LogP contribution is -2.42. The van der Waals surface area contributed by atoms with Crippen molar-refractivity contribution < 1.29 is 0 Å². The number of aryl methyl sites for hydroxylation is 1. The van der Waals surface area contributed by atoms with Crippen LogP contribution in [0.15, 0.2) is 17.4 Å². The van der Waals surface area contributed by atoms with Gasteiger partial charge in [-0.1, -0.05) is 13.8 Å². The molecule has 0 amide bonds. The zero-order valence-electron chi connectivity index (χ0n) is 14.6. The van der Waals surface area contributed by atoms with Gasteiger partial charge < -0.3 is 10.6 Å². The number of guanidine groups is 1. The number of rotatable bonds is 8. The number of nitrogens with one attached hydrogen (secondary N) is 2. The molecule has 0 saturated heterocycles. The fraction of sp³-hybridized carbons (Fsp3) is 0.750. The number of nitrogens with zero attached hydrogens (tertiary/aromatic N) is 3. The quantitative estimate of drug-likeness (QED) is 0.385. The number of halogens is 1. The molecule has 1 aromatic heterocycles. The molecular formula is C16H32IN5. The number of aromatic nitrogens is 2. The molecule has 0 spiro atoms. The van der Waals surface area contributed by atoms with Gasteiger partial charge in [0.1, 0.15) is 0 Å². The van der Waals surface area contributed by atoms with Gasteiger partial charge in [-0.3, -0.25) is 9.67 Å². The van der Waals surface area contributed by atoms with Gasteiger partial charge in [0, 0.05) is 18.8 Å². The van der Waals surface area contributed by atoms with Crippen LogP contribution in [-0.2, 0) is 6.54 Å². The lowest BCUT2D eigenvalue weighted by molar-refractivity contribution is 0.488. The number of hydrogen-bond donors (Lipinski definition) is 2. The summed E-state index contributed by atoms with van der Waals surface area (Å²) in [6, 6.07) is 0.442. The van der Waals surface area contributed by atoms with Crippen molar-refractivity contribution in [1.29, 1.82) is 0 Å². The van der Waals surface area contributed by atoms with Crippen LogP contribution in [0.2, 0.25) is 0 Å². The SMILES string of the molecule is CCNC(=NCCn1cc(C)cn1)NC(C)CCC(C)C.I. The van der Waals surface area contributed by atoms with E-state index >= 15 is 0 Å². The summed E-state index contributed by atoms with van der Waals surface area (Å²) in [4.78, 5) is 4.62. The van der Waals surface area contributed by atoms with E-state index in [2.05, 4.69) is 55.3 Å². The van der Waals surface area contributed by atoms with Gasteiger partial charge in [0.2, 0.25) is 0 Å². The molecule has 0 saturated carbocycles. The minimum Gasteiger partial charge on any atom is -0.357 e. The molecule has 0 bridgehead atoms. The van der Waals surface area contributed by atoms with Gasteiger partial charge in [-0.15, -0.1) is 24.0 Å². The Bertz CT molecular complexity index is 428. The van der Waals surface area contributed by atoms with Crippen molar-refractivity contribution in [3.05, 3.63) is 18.0 Å². The third-order valence-electron chi connectivity index (χ3n) is 3.27. The summed E-state index contributed by atoms with van der Waals surface area (Å²) < 4.78 is 1.94. The topological polar surface area (TPSA) is 54.2 Å². The molecule has 1 unspecified atom stereocenters. The summed E-state index contributed by atoms with van der Waals surface area (Å²) in [5, 5.41) is 11.1. The van der Waals surface area contributed by atoms with Crippen LogP contribution in [0.25, 0.3) is 0 Å². The zero-order chi connectivity index (χ0) is 15.7. The Kier molecular flexibility index (Phi) is 11.3. The Balaban J connectivity index is 0.00000441. The number of aliphatic imine (C=N–C) groups is 1. The molecule has 128 valence electrons. The largest absolute Gasteiger partial charge is 0.357 e. The van der Waals surface area contributed by atoms with Crippen LogP contribution in [0.4, 0.5) is 0 Å². The maximum atomic E-state index is 4.62. The van der Waals surface area contributed by atoms with Gasteiger partial charge in [-0.05, 0) is 45.1 Å². The first kappa shape index (κ1) is 21.2. The van der Waals surface area contributed by atoms with E-state index in [1.54, 1.807) is 0 Å². The Labute approximate surface area is 152 Å². The van der Waals surface area contributed by atoms with Crippen LogP contribution < -0.4 is 10.6 Å². The van der Waals surface area contributed by atoms with Gasteiger partial charge in [-0.2, -0.15) is 5.10 Å². The molecule has 1 heterocycles. The molecule has 0 aliphatic carbocycles. The first-order valence-electron chi connectivity index (χ1n) is 8.05. The fourth-order valence-electron chi connectivity index (χ4n) is 2.06. The summed E-state index contributed by atoms with van der Waals surface area (Å²) in [5.74, 6) is 1.65. The van der Waals surface area contributed by atoms with E-state index in [0.29, 0.717) is 6.04 Å². The monoisotopic (exact) mass is 421 g/mol. The smallest absolute Gasteiger partial charge is 0.191 e. The van der Waals surface area contributed by atoms with Gasteiger partial charge in [0.25, 0.3) is 0 Å². The molecule has 1 atom stereocenters. The minimum absolute atomic E-state index is 0. The standard InChI is InChI=1S/C16H31N5.HI/c1-6-17-16(20-15(5)8-7-13(2)3)18-9-10-21-12-14(4)11-19-21;/h11-13,15H,6-10H2,1-5H3,(H2,17,18,20);1H. The molecular weight excluding hydrogens is 389 g/mol. The molecule has 0 aromatic carbocycles. The fourth-order valence-corrected chi connectivity index (χ4v) is 2.06. The Hall–Kier alpha value is -0.790. The molecule has 2 N–H and O–H groups in total. The van der Waals surface area contributed by atoms with Crippen molar-refractivity contribution in [3.63, 3.8) is 0 Å². The average molecular weight is 421 g/mol. The first-order chi connectivity index (χ1) is 10.0. The highest BCUT2D eigenvalue weighted by Crippen LogP contribution is 2.06. The summed E-state index contributed by atoms with van der Waals surface area (Å²) in [6.45, 7) is 13.3. The van der Waals surface area contributed by atoms with E-state index < -0.39 is 0 Å². The van der Waals surface area contributed by atoms with Crippen molar-refractivity contribution in [2.24, 2.45) is 10.9 Å². The van der Waals surface area contributed by atoms with Crippen molar-refractivity contribution in [1.82, 2.24) is 20.4 Å². The Morgan fingerprint density at radius 1 is 1.32 bits per heavy atom. The number of hydrogen-bond acceptors (Lipinski definition) is 2. The van der Waals surface area contributed by atoms with Gasteiger partial charge in [-0.25, -0.2) is 0 Å². The Morgan fingerprint density at radius 3 is 2.59 bits per heavy atom. The summed E-state index contributed by atoms with van der Waals surface area (Å²) >= 11 is 0. The van der Waals surface area contributed by atoms with E-state index in [9.17, 15) is 0 Å². The summed E-state index contributed by atoms with van der Waals surface area (Å²) in [7, 11) is 0. The average Bonchev–Trinajstić information content (AvgIpc) is 2.82. The highest BCUT2D eigenvalue weighted by molar-refractivity contribution is 14.0. The lowest BCUT2D eigenvalue weighted by atomic mass is 10.0. The maximum Gasteiger partial charge on any atom is 0.191 e. The summed E-state index contributed by atoms with van der Waals surface area (Å²) in [6.07, 6.45) is 6.32. The maximum absolute atomic E-state index is 4.62. The third-order valence-corrected chi connectivity index (χ3v) is 3.27. The van der Waals surface area contributed by atoms with Crippen LogP contribution in [-0.4, -0.2) is 34.9 Å². The van der Waals surface area contributed by atoms with E-state index in [0.717, 1.165) is 31.5 Å². The second kappa shape index (κ2) is 11.7. The van der Waals surface area contributed by atoms with Crippen LogP contribution in [0.5, 0.6) is 0 Å². The lowest BCUT2D eigenvalue weighted by Gasteiger charge is -2.18.